The van der Waals surface area contributed by atoms with E-state index in [-0.39, 0.29) is 6.10 Å². The average molecular weight is 209 g/mol. The van der Waals surface area contributed by atoms with E-state index in [2.05, 4.69) is 5.32 Å². The van der Waals surface area contributed by atoms with Gasteiger partial charge in [0.1, 0.15) is 11.5 Å². The molecule has 0 heterocycles. The molecule has 1 aromatic carbocycles. The Labute approximate surface area is 91.1 Å². The first kappa shape index (κ1) is 11.9. The van der Waals surface area contributed by atoms with Crippen molar-refractivity contribution in [3.63, 3.8) is 0 Å². The summed E-state index contributed by atoms with van der Waals surface area (Å²) in [6, 6.07) is 5.37. The zero-order chi connectivity index (χ0) is 11.3. The quantitative estimate of drug-likeness (QED) is 0.778. The molecule has 3 nitrogen and oxygen atoms in total. The highest BCUT2D eigenvalue weighted by Crippen LogP contribution is 2.23. The van der Waals surface area contributed by atoms with E-state index in [1.165, 1.54) is 0 Å². The third-order valence-electron chi connectivity index (χ3n) is 2.07. The monoisotopic (exact) mass is 209 g/mol. The van der Waals surface area contributed by atoms with Crippen LogP contribution in [-0.2, 0) is 6.42 Å². The van der Waals surface area contributed by atoms with Crippen LogP contribution in [0.4, 0.5) is 0 Å². The number of benzene rings is 1. The number of likely N-dealkylation sites (N-methyl/N-ethyl adjacent to an activating group) is 1. The first-order valence-corrected chi connectivity index (χ1v) is 5.26. The highest BCUT2D eigenvalue weighted by atomic mass is 16.5. The Morgan fingerprint density at radius 2 is 2.13 bits per heavy atom. The van der Waals surface area contributed by atoms with Crippen LogP contribution in [0.1, 0.15) is 19.4 Å². The van der Waals surface area contributed by atoms with E-state index in [0.717, 1.165) is 24.3 Å². The third-order valence-corrected chi connectivity index (χ3v) is 2.07. The smallest absolute Gasteiger partial charge is 0.120 e. The van der Waals surface area contributed by atoms with E-state index in [9.17, 15) is 5.11 Å². The highest BCUT2D eigenvalue weighted by Gasteiger charge is 2.04. The van der Waals surface area contributed by atoms with E-state index in [4.69, 9.17) is 4.74 Å². The molecule has 0 aliphatic carbocycles. The molecule has 0 radical (unpaired) electrons. The van der Waals surface area contributed by atoms with Gasteiger partial charge < -0.3 is 15.2 Å². The van der Waals surface area contributed by atoms with Crippen molar-refractivity contribution < 1.29 is 9.84 Å². The molecular weight excluding hydrogens is 190 g/mol. The van der Waals surface area contributed by atoms with Gasteiger partial charge >= 0.3 is 0 Å². The van der Waals surface area contributed by atoms with Crippen LogP contribution in [-0.4, -0.2) is 24.8 Å². The van der Waals surface area contributed by atoms with Crippen LogP contribution in [0, 0.1) is 0 Å². The van der Waals surface area contributed by atoms with Gasteiger partial charge in [-0.3, -0.25) is 0 Å². The molecule has 0 amide bonds. The van der Waals surface area contributed by atoms with Crippen LogP contribution in [0.15, 0.2) is 18.2 Å². The Bertz CT molecular complexity index is 310. The lowest BCUT2D eigenvalue weighted by atomic mass is 10.1. The van der Waals surface area contributed by atoms with Gasteiger partial charge in [0.25, 0.3) is 0 Å². The van der Waals surface area contributed by atoms with Crippen molar-refractivity contribution in [1.29, 1.82) is 0 Å². The molecule has 0 fully saturated rings. The lowest BCUT2D eigenvalue weighted by Crippen LogP contribution is -2.11. The van der Waals surface area contributed by atoms with Crippen molar-refractivity contribution >= 4 is 0 Å². The topological polar surface area (TPSA) is 41.5 Å². The van der Waals surface area contributed by atoms with E-state index in [1.807, 2.05) is 27.0 Å². The van der Waals surface area contributed by atoms with Crippen molar-refractivity contribution in [2.45, 2.75) is 26.4 Å². The minimum Gasteiger partial charge on any atom is -0.508 e. The van der Waals surface area contributed by atoms with Gasteiger partial charge in [0, 0.05) is 0 Å². The van der Waals surface area contributed by atoms with Gasteiger partial charge in [-0.2, -0.15) is 0 Å². The van der Waals surface area contributed by atoms with Crippen LogP contribution in [0.3, 0.4) is 0 Å². The van der Waals surface area contributed by atoms with Gasteiger partial charge in [-0.25, -0.2) is 0 Å². The molecule has 0 bridgehead atoms. The largest absolute Gasteiger partial charge is 0.508 e. The van der Waals surface area contributed by atoms with Crippen molar-refractivity contribution in [2.75, 3.05) is 13.6 Å². The van der Waals surface area contributed by atoms with E-state index in [1.54, 1.807) is 12.1 Å². The number of nitrogens with one attached hydrogen (secondary N) is 1. The Morgan fingerprint density at radius 3 is 2.73 bits per heavy atom. The van der Waals surface area contributed by atoms with Gasteiger partial charge in [0.15, 0.2) is 0 Å². The molecule has 0 atom stereocenters. The van der Waals surface area contributed by atoms with Gasteiger partial charge in [-0.1, -0.05) is 0 Å². The minimum atomic E-state index is 0.159. The fraction of sp³-hybridized carbons (Fsp3) is 0.500. The van der Waals surface area contributed by atoms with Crippen LogP contribution >= 0.6 is 0 Å². The number of ether oxygens (including phenoxy) is 1. The fourth-order valence-corrected chi connectivity index (χ4v) is 1.37. The lowest BCUT2D eigenvalue weighted by molar-refractivity contribution is 0.242. The molecule has 0 unspecified atom stereocenters. The summed E-state index contributed by atoms with van der Waals surface area (Å²) in [5.74, 6) is 1.15. The molecule has 0 spiro atoms. The van der Waals surface area contributed by atoms with Crippen LogP contribution < -0.4 is 10.1 Å². The molecule has 0 aliphatic rings. The van der Waals surface area contributed by atoms with Gasteiger partial charge in [0.2, 0.25) is 0 Å². The number of rotatable bonds is 5. The van der Waals surface area contributed by atoms with E-state index >= 15 is 0 Å². The zero-order valence-electron chi connectivity index (χ0n) is 9.58. The summed E-state index contributed by atoms with van der Waals surface area (Å²) in [6.45, 7) is 4.82. The van der Waals surface area contributed by atoms with Gasteiger partial charge in [0.05, 0.1) is 6.10 Å². The Morgan fingerprint density at radius 1 is 1.40 bits per heavy atom. The van der Waals surface area contributed by atoms with Crippen molar-refractivity contribution in [3.8, 4) is 11.5 Å². The second kappa shape index (κ2) is 5.61. The maximum atomic E-state index is 9.61. The second-order valence-electron chi connectivity index (χ2n) is 3.81. The van der Waals surface area contributed by atoms with Crippen molar-refractivity contribution in [1.82, 2.24) is 5.32 Å². The minimum absolute atomic E-state index is 0.159. The van der Waals surface area contributed by atoms with Crippen LogP contribution in [0.2, 0.25) is 0 Å². The standard InChI is InChI=1S/C12H19NO2/c1-9(2)15-11-4-5-12(14)10(8-11)6-7-13-3/h4-5,8-9,13-14H,6-7H2,1-3H3. The predicted octanol–water partition coefficient (Wildman–Crippen LogP) is 1.94. The summed E-state index contributed by atoms with van der Waals surface area (Å²) in [4.78, 5) is 0. The summed E-state index contributed by atoms with van der Waals surface area (Å²) in [6.07, 6.45) is 0.962. The Kier molecular flexibility index (Phi) is 4.43. The zero-order valence-corrected chi connectivity index (χ0v) is 9.58. The maximum absolute atomic E-state index is 9.61. The van der Waals surface area contributed by atoms with Crippen molar-refractivity contribution in [3.05, 3.63) is 23.8 Å². The predicted molar refractivity (Wildman–Crippen MR) is 61.5 cm³/mol. The summed E-state index contributed by atoms with van der Waals surface area (Å²) < 4.78 is 5.56. The molecule has 0 aliphatic heterocycles. The molecule has 15 heavy (non-hydrogen) atoms. The number of aromatic hydroxyl groups is 1. The fourth-order valence-electron chi connectivity index (χ4n) is 1.37. The van der Waals surface area contributed by atoms with Crippen LogP contribution in [0.25, 0.3) is 0 Å². The first-order chi connectivity index (χ1) is 7.13. The Hall–Kier alpha value is -1.22. The molecule has 3 heteroatoms. The van der Waals surface area contributed by atoms with Gasteiger partial charge in [-0.05, 0) is 57.6 Å². The summed E-state index contributed by atoms with van der Waals surface area (Å²) in [5.41, 5.74) is 0.919. The molecule has 0 aromatic heterocycles. The average Bonchev–Trinajstić information content (AvgIpc) is 2.18. The van der Waals surface area contributed by atoms with Gasteiger partial charge in [-0.15, -0.1) is 0 Å². The summed E-state index contributed by atoms with van der Waals surface area (Å²) in [7, 11) is 1.89. The molecule has 0 saturated carbocycles. The van der Waals surface area contributed by atoms with Crippen molar-refractivity contribution in [2.24, 2.45) is 0 Å². The van der Waals surface area contributed by atoms with Crippen LogP contribution in [0.5, 0.6) is 11.5 Å². The summed E-state index contributed by atoms with van der Waals surface area (Å²) >= 11 is 0. The maximum Gasteiger partial charge on any atom is 0.120 e. The normalized spacial score (nSPS) is 10.7. The molecule has 1 rings (SSSR count). The van der Waals surface area contributed by atoms with E-state index in [0.29, 0.717) is 5.75 Å². The SMILES string of the molecule is CNCCc1cc(OC(C)C)ccc1O. The number of hydrogen-bond donors (Lipinski definition) is 2. The van der Waals surface area contributed by atoms with E-state index < -0.39 is 0 Å². The molecule has 1 aromatic rings. The Balaban J connectivity index is 2.75. The lowest BCUT2D eigenvalue weighted by Gasteiger charge is -2.12. The second-order valence-corrected chi connectivity index (χ2v) is 3.81. The summed E-state index contributed by atoms with van der Waals surface area (Å²) in [5, 5.41) is 12.7. The molecular formula is C12H19NO2. The third kappa shape index (κ3) is 3.80. The molecule has 0 saturated heterocycles. The number of hydrogen-bond acceptors (Lipinski definition) is 3. The molecule has 84 valence electrons. The number of phenolic OH excluding ortho intramolecular Hbond substituents is 1. The molecule has 2 N–H and O–H groups in total. The first-order valence-electron chi connectivity index (χ1n) is 5.26. The number of phenols is 1. The highest BCUT2D eigenvalue weighted by molar-refractivity contribution is 5.39.